The van der Waals surface area contributed by atoms with Gasteiger partial charge in [0, 0.05) is 28.0 Å². The summed E-state index contributed by atoms with van der Waals surface area (Å²) in [7, 11) is 0. The van der Waals surface area contributed by atoms with Gasteiger partial charge in [0.25, 0.3) is 0 Å². The van der Waals surface area contributed by atoms with Crippen LogP contribution in [0.15, 0.2) is 66.3 Å². The number of hydrogen-bond donors (Lipinski definition) is 1. The molecule has 0 bridgehead atoms. The minimum atomic E-state index is 0.670. The summed E-state index contributed by atoms with van der Waals surface area (Å²) in [6.07, 6.45) is 3.69. The topological polar surface area (TPSA) is 37.8 Å². The lowest BCUT2D eigenvalue weighted by atomic mass is 10.1. The largest absolute Gasteiger partial charge is 0.364 e. The van der Waals surface area contributed by atoms with E-state index in [9.17, 15) is 0 Å². The number of anilines is 1. The van der Waals surface area contributed by atoms with E-state index in [0.717, 1.165) is 11.5 Å². The molecule has 0 unspecified atom stereocenters. The number of nitrogens with one attached hydrogen (secondary N) is 1. The number of rotatable bonds is 4. The number of hydrogen-bond acceptors (Lipinski definition) is 4. The molecule has 3 aromatic heterocycles. The molecule has 0 aliphatic heterocycles. The summed E-state index contributed by atoms with van der Waals surface area (Å²) in [5, 5.41) is 6.86. The molecule has 0 fully saturated rings. The zero-order chi connectivity index (χ0) is 16.4. The van der Waals surface area contributed by atoms with Crippen LogP contribution < -0.4 is 5.32 Å². The third-order valence-electron chi connectivity index (χ3n) is 4.11. The molecule has 0 saturated carbocycles. The first-order valence-electron chi connectivity index (χ1n) is 7.89. The Hall–Kier alpha value is -2.72. The van der Waals surface area contributed by atoms with Gasteiger partial charge in [0.2, 0.25) is 0 Å². The fraction of sp³-hybridized carbons (Fsp3) is 0.100. The zero-order valence-corrected chi connectivity index (χ0v) is 14.2. The highest BCUT2D eigenvalue weighted by molar-refractivity contribution is 7.17. The number of pyridine rings is 2. The van der Waals surface area contributed by atoms with Gasteiger partial charge in [0.15, 0.2) is 0 Å². The number of thiophene rings is 1. The Bertz CT molecular complexity index is 977. The minimum Gasteiger partial charge on any atom is -0.364 e. The van der Waals surface area contributed by atoms with Gasteiger partial charge in [-0.25, -0.2) is 4.98 Å². The number of benzene rings is 1. The molecule has 0 aliphatic rings. The standard InChI is InChI=1S/C20H17N3S/c1-14-6-5-10-21-17(14)12-23-20-19-16(15-7-3-2-4-8-15)13-24-18(19)9-11-22-20/h2-11,13H,12H2,1H3,(H,22,23). The minimum absolute atomic E-state index is 0.670. The maximum atomic E-state index is 4.58. The fourth-order valence-corrected chi connectivity index (χ4v) is 3.78. The third kappa shape index (κ3) is 2.76. The Kier molecular flexibility index (Phi) is 3.97. The van der Waals surface area contributed by atoms with Crippen LogP contribution in [-0.2, 0) is 6.54 Å². The Labute approximate surface area is 145 Å². The molecule has 118 valence electrons. The van der Waals surface area contributed by atoms with Gasteiger partial charge >= 0.3 is 0 Å². The van der Waals surface area contributed by atoms with Crippen LogP contribution in [0.2, 0.25) is 0 Å². The SMILES string of the molecule is Cc1cccnc1CNc1nccc2scc(-c3ccccc3)c12. The predicted octanol–water partition coefficient (Wildman–Crippen LogP) is 5.28. The molecule has 1 N–H and O–H groups in total. The Morgan fingerprint density at radius 3 is 2.67 bits per heavy atom. The van der Waals surface area contributed by atoms with Crippen molar-refractivity contribution in [2.75, 3.05) is 5.32 Å². The lowest BCUT2D eigenvalue weighted by Gasteiger charge is -2.10. The summed E-state index contributed by atoms with van der Waals surface area (Å²) >= 11 is 1.75. The molecule has 24 heavy (non-hydrogen) atoms. The van der Waals surface area contributed by atoms with Crippen molar-refractivity contribution in [2.45, 2.75) is 13.5 Å². The van der Waals surface area contributed by atoms with E-state index in [1.165, 1.54) is 26.8 Å². The predicted molar refractivity (Wildman–Crippen MR) is 101 cm³/mol. The first-order chi connectivity index (χ1) is 11.8. The average molecular weight is 331 g/mol. The number of aryl methyl sites for hydroxylation is 1. The average Bonchev–Trinajstić information content (AvgIpc) is 3.06. The van der Waals surface area contributed by atoms with Gasteiger partial charge in [-0.3, -0.25) is 4.98 Å². The zero-order valence-electron chi connectivity index (χ0n) is 13.4. The molecule has 3 nitrogen and oxygen atoms in total. The summed E-state index contributed by atoms with van der Waals surface area (Å²) in [4.78, 5) is 9.03. The second kappa shape index (κ2) is 6.42. The summed E-state index contributed by atoms with van der Waals surface area (Å²) in [5.74, 6) is 0.914. The van der Waals surface area contributed by atoms with E-state index in [0.29, 0.717) is 6.54 Å². The Morgan fingerprint density at radius 1 is 0.958 bits per heavy atom. The highest BCUT2D eigenvalue weighted by Crippen LogP contribution is 2.37. The normalized spacial score (nSPS) is 10.9. The van der Waals surface area contributed by atoms with Crippen LogP contribution in [0.1, 0.15) is 11.3 Å². The quantitative estimate of drug-likeness (QED) is 0.553. The summed E-state index contributed by atoms with van der Waals surface area (Å²) < 4.78 is 1.24. The second-order valence-electron chi connectivity index (χ2n) is 5.67. The van der Waals surface area contributed by atoms with E-state index < -0.39 is 0 Å². The summed E-state index contributed by atoms with van der Waals surface area (Å²) in [5.41, 5.74) is 4.68. The Morgan fingerprint density at radius 2 is 1.83 bits per heavy atom. The van der Waals surface area contributed by atoms with E-state index in [4.69, 9.17) is 0 Å². The van der Waals surface area contributed by atoms with Crippen LogP contribution in [0.25, 0.3) is 21.2 Å². The van der Waals surface area contributed by atoms with Crippen LogP contribution in [0.3, 0.4) is 0 Å². The molecule has 0 atom stereocenters. The maximum Gasteiger partial charge on any atom is 0.135 e. The van der Waals surface area contributed by atoms with Gasteiger partial charge < -0.3 is 5.32 Å². The van der Waals surface area contributed by atoms with E-state index >= 15 is 0 Å². The molecule has 0 saturated heterocycles. The third-order valence-corrected chi connectivity index (χ3v) is 5.06. The molecule has 0 radical (unpaired) electrons. The summed E-state index contributed by atoms with van der Waals surface area (Å²) in [6.45, 7) is 2.75. The van der Waals surface area contributed by atoms with Crippen molar-refractivity contribution in [1.29, 1.82) is 0 Å². The van der Waals surface area contributed by atoms with E-state index in [1.54, 1.807) is 11.3 Å². The molecular formula is C20H17N3S. The fourth-order valence-electron chi connectivity index (χ4n) is 2.82. The van der Waals surface area contributed by atoms with Crippen molar-refractivity contribution in [3.63, 3.8) is 0 Å². The van der Waals surface area contributed by atoms with Gasteiger partial charge in [0.1, 0.15) is 5.82 Å². The monoisotopic (exact) mass is 331 g/mol. The van der Waals surface area contributed by atoms with Crippen molar-refractivity contribution in [2.24, 2.45) is 0 Å². The van der Waals surface area contributed by atoms with Crippen LogP contribution in [0.5, 0.6) is 0 Å². The van der Waals surface area contributed by atoms with E-state index in [-0.39, 0.29) is 0 Å². The van der Waals surface area contributed by atoms with Gasteiger partial charge in [-0.1, -0.05) is 36.4 Å². The van der Waals surface area contributed by atoms with Crippen LogP contribution in [0, 0.1) is 6.92 Å². The van der Waals surface area contributed by atoms with E-state index in [2.05, 4.69) is 64.0 Å². The molecule has 1 aromatic carbocycles. The van der Waals surface area contributed by atoms with Crippen molar-refractivity contribution in [3.8, 4) is 11.1 Å². The molecule has 3 heterocycles. The number of aromatic nitrogens is 2. The first kappa shape index (κ1) is 14.8. The van der Waals surface area contributed by atoms with Gasteiger partial charge in [-0.2, -0.15) is 0 Å². The van der Waals surface area contributed by atoms with Crippen molar-refractivity contribution < 1.29 is 0 Å². The second-order valence-corrected chi connectivity index (χ2v) is 6.58. The lowest BCUT2D eigenvalue weighted by Crippen LogP contribution is -2.05. The van der Waals surface area contributed by atoms with Crippen LogP contribution in [-0.4, -0.2) is 9.97 Å². The Balaban J connectivity index is 1.73. The molecule has 0 aliphatic carbocycles. The first-order valence-corrected chi connectivity index (χ1v) is 8.77. The van der Waals surface area contributed by atoms with Gasteiger partial charge in [-0.05, 0) is 35.6 Å². The molecule has 0 spiro atoms. The molecular weight excluding hydrogens is 314 g/mol. The molecule has 4 rings (SSSR count). The molecule has 4 heteroatoms. The van der Waals surface area contributed by atoms with Crippen molar-refractivity contribution in [3.05, 3.63) is 77.6 Å². The smallest absolute Gasteiger partial charge is 0.135 e. The van der Waals surface area contributed by atoms with Crippen molar-refractivity contribution >= 4 is 27.2 Å². The van der Waals surface area contributed by atoms with Gasteiger partial charge in [-0.15, -0.1) is 11.3 Å². The number of nitrogens with zero attached hydrogens (tertiary/aromatic N) is 2. The van der Waals surface area contributed by atoms with E-state index in [1.807, 2.05) is 24.5 Å². The van der Waals surface area contributed by atoms with Gasteiger partial charge in [0.05, 0.1) is 12.2 Å². The maximum absolute atomic E-state index is 4.58. The summed E-state index contributed by atoms with van der Waals surface area (Å²) in [6, 6.07) is 16.6. The van der Waals surface area contributed by atoms with Crippen molar-refractivity contribution in [1.82, 2.24) is 9.97 Å². The van der Waals surface area contributed by atoms with Crippen LogP contribution >= 0.6 is 11.3 Å². The number of fused-ring (bicyclic) bond motifs is 1. The molecule has 0 amide bonds. The van der Waals surface area contributed by atoms with Crippen LogP contribution in [0.4, 0.5) is 5.82 Å². The highest BCUT2D eigenvalue weighted by Gasteiger charge is 2.12. The lowest BCUT2D eigenvalue weighted by molar-refractivity contribution is 1.01. The highest BCUT2D eigenvalue weighted by atomic mass is 32.1. The molecule has 4 aromatic rings.